The highest BCUT2D eigenvalue weighted by atomic mass is 19.1. The highest BCUT2D eigenvalue weighted by molar-refractivity contribution is 5.95. The summed E-state index contributed by atoms with van der Waals surface area (Å²) in [6.07, 6.45) is 0. The number of benzene rings is 3. The van der Waals surface area contributed by atoms with E-state index in [2.05, 4.69) is 10.6 Å². The predicted molar refractivity (Wildman–Crippen MR) is 111 cm³/mol. The lowest BCUT2D eigenvalue weighted by molar-refractivity contribution is -0.893. The van der Waals surface area contributed by atoms with Crippen LogP contribution in [0.15, 0.2) is 78.9 Å². The molecular formula is C23H22F2N3O2+. The Kier molecular flexibility index (Phi) is 6.87. The van der Waals surface area contributed by atoms with Crippen LogP contribution in [0.4, 0.5) is 20.2 Å². The van der Waals surface area contributed by atoms with Crippen molar-refractivity contribution in [1.29, 1.82) is 0 Å². The quantitative estimate of drug-likeness (QED) is 0.561. The lowest BCUT2D eigenvalue weighted by Gasteiger charge is -2.24. The zero-order chi connectivity index (χ0) is 21.5. The fraction of sp³-hybridized carbons (Fsp3) is 0.130. The number of nitrogens with one attached hydrogen (secondary N) is 3. The molecule has 30 heavy (non-hydrogen) atoms. The molecule has 0 bridgehead atoms. The van der Waals surface area contributed by atoms with Gasteiger partial charge in [0.2, 0.25) is 0 Å². The first-order valence-electron chi connectivity index (χ1n) is 9.41. The summed E-state index contributed by atoms with van der Waals surface area (Å²) in [4.78, 5) is 26.1. The molecule has 3 rings (SSSR count). The second-order valence-electron chi connectivity index (χ2n) is 6.92. The molecular weight excluding hydrogens is 388 g/mol. The van der Waals surface area contributed by atoms with Gasteiger partial charge in [0, 0.05) is 16.9 Å². The number of carbonyl (C=O) groups is 2. The molecule has 3 N–H and O–H groups in total. The van der Waals surface area contributed by atoms with Crippen molar-refractivity contribution in [1.82, 2.24) is 0 Å². The van der Waals surface area contributed by atoms with Crippen LogP contribution in [0.2, 0.25) is 0 Å². The van der Waals surface area contributed by atoms with Crippen LogP contribution in [-0.2, 0) is 9.59 Å². The average molecular weight is 410 g/mol. The molecule has 0 spiro atoms. The van der Waals surface area contributed by atoms with Gasteiger partial charge in [-0.15, -0.1) is 0 Å². The standard InChI is InChI=1S/C23H21F2N3O2/c1-28(15-21(29)26-20-9-5-8-18(25)14-20)22(16-6-3-2-4-7-16)23(30)27-19-12-10-17(24)11-13-19/h2-14,22H,15H2,1H3,(H,26,29)(H,27,30)/p+1/t22-/m1/s1. The Bertz CT molecular complexity index is 1010. The maximum absolute atomic E-state index is 13.3. The second-order valence-corrected chi connectivity index (χ2v) is 6.92. The Morgan fingerprint density at radius 2 is 1.53 bits per heavy atom. The fourth-order valence-electron chi connectivity index (χ4n) is 3.18. The van der Waals surface area contributed by atoms with Gasteiger partial charge in [0.25, 0.3) is 11.8 Å². The third-order valence-corrected chi connectivity index (χ3v) is 4.55. The van der Waals surface area contributed by atoms with Crippen molar-refractivity contribution in [3.63, 3.8) is 0 Å². The summed E-state index contributed by atoms with van der Waals surface area (Å²) in [5, 5.41) is 5.41. The van der Waals surface area contributed by atoms with Gasteiger partial charge in [-0.2, -0.15) is 0 Å². The first-order valence-corrected chi connectivity index (χ1v) is 9.41. The molecule has 0 aromatic heterocycles. The normalized spacial score (nSPS) is 12.6. The molecule has 0 aliphatic rings. The Labute approximate surface area is 173 Å². The number of hydrogen-bond acceptors (Lipinski definition) is 2. The molecule has 0 saturated heterocycles. The maximum atomic E-state index is 13.3. The predicted octanol–water partition coefficient (Wildman–Crippen LogP) is 2.80. The number of hydrogen-bond donors (Lipinski definition) is 3. The smallest absolute Gasteiger partial charge is 0.287 e. The van der Waals surface area contributed by atoms with Crippen LogP contribution < -0.4 is 15.5 Å². The van der Waals surface area contributed by atoms with Crippen molar-refractivity contribution in [3.05, 3.63) is 96.1 Å². The average Bonchev–Trinajstić information content (AvgIpc) is 2.70. The van der Waals surface area contributed by atoms with Gasteiger partial charge in [-0.3, -0.25) is 9.59 Å². The third-order valence-electron chi connectivity index (χ3n) is 4.55. The number of halogens is 2. The molecule has 2 atom stereocenters. The van der Waals surface area contributed by atoms with Crippen LogP contribution in [-0.4, -0.2) is 25.4 Å². The topological polar surface area (TPSA) is 62.6 Å². The molecule has 0 aliphatic carbocycles. The van der Waals surface area contributed by atoms with Gasteiger partial charge in [-0.05, 0) is 42.5 Å². The summed E-state index contributed by atoms with van der Waals surface area (Å²) in [5.41, 5.74) is 1.53. The monoisotopic (exact) mass is 410 g/mol. The third kappa shape index (κ3) is 5.71. The van der Waals surface area contributed by atoms with Crippen molar-refractivity contribution >= 4 is 23.2 Å². The summed E-state index contributed by atoms with van der Waals surface area (Å²) < 4.78 is 26.5. The highest BCUT2D eigenvalue weighted by Gasteiger charge is 2.30. The number of anilines is 2. The van der Waals surface area contributed by atoms with Gasteiger partial charge >= 0.3 is 0 Å². The van der Waals surface area contributed by atoms with E-state index < -0.39 is 17.7 Å². The molecule has 2 amide bonds. The van der Waals surface area contributed by atoms with E-state index in [4.69, 9.17) is 0 Å². The van der Waals surface area contributed by atoms with Crippen molar-refractivity contribution in [2.75, 3.05) is 24.2 Å². The molecule has 3 aromatic rings. The van der Waals surface area contributed by atoms with Gasteiger partial charge in [0.15, 0.2) is 12.6 Å². The lowest BCUT2D eigenvalue weighted by atomic mass is 10.0. The van der Waals surface area contributed by atoms with Crippen molar-refractivity contribution < 1.29 is 23.3 Å². The number of likely N-dealkylation sites (N-methyl/N-ethyl adjacent to an activating group) is 1. The van der Waals surface area contributed by atoms with E-state index >= 15 is 0 Å². The van der Waals surface area contributed by atoms with Crippen LogP contribution in [0, 0.1) is 11.6 Å². The van der Waals surface area contributed by atoms with Crippen LogP contribution in [0.5, 0.6) is 0 Å². The summed E-state index contributed by atoms with van der Waals surface area (Å²) in [6, 6.07) is 19.5. The Balaban J connectivity index is 1.75. The van der Waals surface area contributed by atoms with Crippen molar-refractivity contribution in [2.24, 2.45) is 0 Å². The van der Waals surface area contributed by atoms with Gasteiger partial charge in [0.1, 0.15) is 11.6 Å². The van der Waals surface area contributed by atoms with E-state index in [1.54, 1.807) is 13.1 Å². The number of amides is 2. The summed E-state index contributed by atoms with van der Waals surface area (Å²) in [6.45, 7) is -0.0209. The summed E-state index contributed by atoms with van der Waals surface area (Å²) >= 11 is 0. The molecule has 7 heteroatoms. The zero-order valence-electron chi connectivity index (χ0n) is 16.4. The zero-order valence-corrected chi connectivity index (χ0v) is 16.4. The Morgan fingerprint density at radius 1 is 0.833 bits per heavy atom. The molecule has 3 aromatic carbocycles. The minimum Gasteiger partial charge on any atom is -0.321 e. The molecule has 0 heterocycles. The molecule has 154 valence electrons. The number of rotatable bonds is 7. The minimum absolute atomic E-state index is 0.0209. The summed E-state index contributed by atoms with van der Waals surface area (Å²) in [7, 11) is 1.73. The van der Waals surface area contributed by atoms with Gasteiger partial charge in [0.05, 0.1) is 7.05 Å². The van der Waals surface area contributed by atoms with E-state index in [9.17, 15) is 18.4 Å². The van der Waals surface area contributed by atoms with E-state index in [1.165, 1.54) is 42.5 Å². The van der Waals surface area contributed by atoms with Crippen LogP contribution >= 0.6 is 0 Å². The second kappa shape index (κ2) is 9.76. The van der Waals surface area contributed by atoms with Crippen molar-refractivity contribution in [2.45, 2.75) is 6.04 Å². The minimum atomic E-state index is -0.686. The van der Waals surface area contributed by atoms with Crippen LogP contribution in [0.3, 0.4) is 0 Å². The van der Waals surface area contributed by atoms with Gasteiger partial charge < -0.3 is 15.5 Å². The van der Waals surface area contributed by atoms with Gasteiger partial charge in [-0.25, -0.2) is 8.78 Å². The molecule has 1 unspecified atom stereocenters. The molecule has 5 nitrogen and oxygen atoms in total. The molecule has 0 fully saturated rings. The largest absolute Gasteiger partial charge is 0.321 e. The van der Waals surface area contributed by atoms with Crippen molar-refractivity contribution in [3.8, 4) is 0 Å². The molecule has 0 saturated carbocycles. The first kappa shape index (κ1) is 21.1. The van der Waals surface area contributed by atoms with Crippen LogP contribution in [0.25, 0.3) is 0 Å². The first-order chi connectivity index (χ1) is 14.4. The Hall–Kier alpha value is -3.58. The number of carbonyl (C=O) groups excluding carboxylic acids is 2. The highest BCUT2D eigenvalue weighted by Crippen LogP contribution is 2.14. The maximum Gasteiger partial charge on any atom is 0.287 e. The molecule has 0 aliphatic heterocycles. The molecule has 0 radical (unpaired) electrons. The van der Waals surface area contributed by atoms with E-state index in [1.807, 2.05) is 30.3 Å². The lowest BCUT2D eigenvalue weighted by Crippen LogP contribution is -3.11. The Morgan fingerprint density at radius 3 is 2.20 bits per heavy atom. The van der Waals surface area contributed by atoms with E-state index in [0.29, 0.717) is 16.3 Å². The summed E-state index contributed by atoms with van der Waals surface area (Å²) in [5.74, 6) is -1.53. The van der Waals surface area contributed by atoms with Gasteiger partial charge in [-0.1, -0.05) is 36.4 Å². The SMILES string of the molecule is C[NH+](CC(=O)Nc1cccc(F)c1)[C@@H](C(=O)Nc1ccc(F)cc1)c1ccccc1. The van der Waals surface area contributed by atoms with Crippen LogP contribution in [0.1, 0.15) is 11.6 Å². The number of quaternary nitrogens is 1. The van der Waals surface area contributed by atoms with E-state index in [0.717, 1.165) is 5.56 Å². The van der Waals surface area contributed by atoms with E-state index in [-0.39, 0.29) is 18.4 Å². The fourth-order valence-corrected chi connectivity index (χ4v) is 3.18.